The minimum atomic E-state index is -1.36. The standard InChI is InChI=1S/C18H20N2O12/c1-5(21)27-4-8-11(28-6(2)22)14(29-7(3)23)16(30-8)20-10-9(15(24)19-17(20)25)12-13(10)32-18(26)31-12/h8-14,16H,4H2,1-3H3,(H,19,24,25)/t8-,9+,10-,11+,12-,13-,14+,16-/m1/s1. The van der Waals surface area contributed by atoms with Gasteiger partial charge in [0.25, 0.3) is 0 Å². The number of hydrogen-bond donors (Lipinski definition) is 1. The van der Waals surface area contributed by atoms with Gasteiger partial charge in [-0.3, -0.25) is 29.4 Å². The Balaban J connectivity index is 1.67. The molecule has 3 amide bonds. The van der Waals surface area contributed by atoms with Gasteiger partial charge >= 0.3 is 30.1 Å². The lowest BCUT2D eigenvalue weighted by molar-refractivity contribution is -0.187. The van der Waals surface area contributed by atoms with Crippen LogP contribution in [-0.4, -0.2) is 90.3 Å². The fourth-order valence-electron chi connectivity index (χ4n) is 4.41. The Morgan fingerprint density at radius 3 is 2.19 bits per heavy atom. The molecule has 0 aromatic heterocycles. The van der Waals surface area contributed by atoms with Gasteiger partial charge in [0.05, 0.1) is 6.04 Å². The van der Waals surface area contributed by atoms with Crippen LogP contribution in [0.1, 0.15) is 20.8 Å². The van der Waals surface area contributed by atoms with Crippen LogP contribution in [0.3, 0.4) is 0 Å². The summed E-state index contributed by atoms with van der Waals surface area (Å²) in [5.74, 6) is -3.74. The van der Waals surface area contributed by atoms with Crippen molar-refractivity contribution in [1.82, 2.24) is 10.2 Å². The Morgan fingerprint density at radius 2 is 1.56 bits per heavy atom. The molecule has 14 nitrogen and oxygen atoms in total. The summed E-state index contributed by atoms with van der Waals surface area (Å²) in [6, 6.07) is -1.87. The maximum atomic E-state index is 12.8. The van der Waals surface area contributed by atoms with Crippen molar-refractivity contribution in [2.24, 2.45) is 5.92 Å². The van der Waals surface area contributed by atoms with E-state index in [1.54, 1.807) is 0 Å². The summed E-state index contributed by atoms with van der Waals surface area (Å²) >= 11 is 0. The van der Waals surface area contributed by atoms with E-state index in [0.29, 0.717) is 0 Å². The maximum absolute atomic E-state index is 12.8. The van der Waals surface area contributed by atoms with Crippen molar-refractivity contribution in [2.75, 3.05) is 6.61 Å². The second kappa shape index (κ2) is 7.93. The molecule has 0 unspecified atom stereocenters. The smallest absolute Gasteiger partial charge is 0.463 e. The first-order valence-corrected chi connectivity index (χ1v) is 9.72. The Labute approximate surface area is 180 Å². The third kappa shape index (κ3) is 3.59. The SMILES string of the molecule is CC(=O)OC[C@H]1O[C@@H](N2C(=O)NC(=O)[C@@H]3[C@H]4OC(=O)O[C@@H]4[C@@H]32)[C@@H](OC(C)=O)[C@H]1OC(C)=O. The van der Waals surface area contributed by atoms with E-state index in [1.807, 2.05) is 0 Å². The van der Waals surface area contributed by atoms with Gasteiger partial charge in [-0.25, -0.2) is 9.59 Å². The summed E-state index contributed by atoms with van der Waals surface area (Å²) in [5, 5.41) is 2.15. The molecule has 0 aromatic carbocycles. The third-order valence-electron chi connectivity index (χ3n) is 5.55. The van der Waals surface area contributed by atoms with Crippen LogP contribution in [0.5, 0.6) is 0 Å². The molecule has 0 aromatic rings. The van der Waals surface area contributed by atoms with E-state index in [1.165, 1.54) is 0 Å². The number of esters is 3. The molecular formula is C18H20N2O12. The van der Waals surface area contributed by atoms with E-state index in [-0.39, 0.29) is 6.61 Å². The number of nitrogens with zero attached hydrogens (tertiary/aromatic N) is 1. The van der Waals surface area contributed by atoms with Gasteiger partial charge in [-0.2, -0.15) is 0 Å². The summed E-state index contributed by atoms with van der Waals surface area (Å²) in [6.45, 7) is 3.02. The van der Waals surface area contributed by atoms with Crippen molar-refractivity contribution >= 4 is 36.0 Å². The first kappa shape index (κ1) is 21.8. The van der Waals surface area contributed by atoms with Crippen molar-refractivity contribution in [3.8, 4) is 0 Å². The van der Waals surface area contributed by atoms with Gasteiger partial charge in [0.2, 0.25) is 5.91 Å². The molecule has 4 aliphatic rings. The molecule has 0 radical (unpaired) electrons. The van der Waals surface area contributed by atoms with Crippen LogP contribution in [-0.2, 0) is 47.6 Å². The maximum Gasteiger partial charge on any atom is 0.509 e. The Kier molecular flexibility index (Phi) is 5.40. The van der Waals surface area contributed by atoms with Crippen molar-refractivity contribution in [3.63, 3.8) is 0 Å². The van der Waals surface area contributed by atoms with E-state index >= 15 is 0 Å². The summed E-state index contributed by atoms with van der Waals surface area (Å²) in [6.07, 6.45) is -7.83. The average molecular weight is 456 g/mol. The fraction of sp³-hybridized carbons (Fsp3) is 0.667. The fourth-order valence-corrected chi connectivity index (χ4v) is 4.41. The zero-order chi connectivity index (χ0) is 23.3. The third-order valence-corrected chi connectivity index (χ3v) is 5.55. The summed E-state index contributed by atoms with van der Waals surface area (Å²) in [5.41, 5.74) is 0. The number of carbonyl (C=O) groups is 6. The molecule has 174 valence electrons. The minimum absolute atomic E-state index is 0.367. The molecule has 3 heterocycles. The Bertz CT molecular complexity index is 889. The molecule has 32 heavy (non-hydrogen) atoms. The number of urea groups is 1. The van der Waals surface area contributed by atoms with Gasteiger partial charge in [-0.05, 0) is 0 Å². The van der Waals surface area contributed by atoms with Crippen molar-refractivity contribution in [2.45, 2.75) is 63.6 Å². The lowest BCUT2D eigenvalue weighted by Crippen LogP contribution is -2.77. The number of hydrogen-bond acceptors (Lipinski definition) is 12. The van der Waals surface area contributed by atoms with Crippen molar-refractivity contribution in [3.05, 3.63) is 0 Å². The van der Waals surface area contributed by atoms with E-state index < -0.39 is 84.7 Å². The number of amides is 3. The summed E-state index contributed by atoms with van der Waals surface area (Å²) in [4.78, 5) is 72.5. The van der Waals surface area contributed by atoms with Crippen molar-refractivity contribution < 1.29 is 57.2 Å². The molecule has 3 saturated heterocycles. The van der Waals surface area contributed by atoms with Crippen LogP contribution in [0, 0.1) is 5.92 Å². The molecule has 3 aliphatic heterocycles. The van der Waals surface area contributed by atoms with Gasteiger partial charge in [-0.15, -0.1) is 0 Å². The number of nitrogens with one attached hydrogen (secondary N) is 1. The van der Waals surface area contributed by atoms with Crippen LogP contribution in [0.25, 0.3) is 0 Å². The summed E-state index contributed by atoms with van der Waals surface area (Å²) < 4.78 is 31.5. The van der Waals surface area contributed by atoms with Gasteiger partial charge < -0.3 is 28.4 Å². The monoisotopic (exact) mass is 456 g/mol. The largest absolute Gasteiger partial charge is 0.509 e. The van der Waals surface area contributed by atoms with Crippen LogP contribution < -0.4 is 5.32 Å². The number of imide groups is 1. The van der Waals surface area contributed by atoms with E-state index in [9.17, 15) is 28.8 Å². The molecule has 1 N–H and O–H groups in total. The molecule has 0 bridgehead atoms. The number of rotatable bonds is 5. The van der Waals surface area contributed by atoms with Crippen LogP contribution in [0.15, 0.2) is 0 Å². The predicted octanol–water partition coefficient (Wildman–Crippen LogP) is -1.41. The highest BCUT2D eigenvalue weighted by Crippen LogP contribution is 2.46. The van der Waals surface area contributed by atoms with Crippen LogP contribution in [0.2, 0.25) is 0 Å². The molecule has 1 saturated carbocycles. The quantitative estimate of drug-likeness (QED) is 0.379. The first-order valence-electron chi connectivity index (χ1n) is 9.72. The van der Waals surface area contributed by atoms with E-state index in [2.05, 4.69) is 5.32 Å². The topological polar surface area (TPSA) is 173 Å². The Hall–Kier alpha value is -3.42. The lowest BCUT2D eigenvalue weighted by atomic mass is 9.71. The molecule has 4 rings (SSSR count). The molecule has 8 atom stereocenters. The number of ether oxygens (including phenoxy) is 6. The molecule has 14 heteroatoms. The second-order valence-electron chi connectivity index (χ2n) is 7.65. The Morgan fingerprint density at radius 1 is 0.938 bits per heavy atom. The van der Waals surface area contributed by atoms with Gasteiger partial charge in [-0.1, -0.05) is 0 Å². The average Bonchev–Trinajstić information content (AvgIpc) is 3.15. The van der Waals surface area contributed by atoms with Crippen LogP contribution >= 0.6 is 0 Å². The molecular weight excluding hydrogens is 436 g/mol. The zero-order valence-corrected chi connectivity index (χ0v) is 17.2. The highest BCUT2D eigenvalue weighted by atomic mass is 16.8. The minimum Gasteiger partial charge on any atom is -0.463 e. The molecule has 4 fully saturated rings. The molecule has 0 spiro atoms. The van der Waals surface area contributed by atoms with Gasteiger partial charge in [0.15, 0.2) is 30.6 Å². The van der Waals surface area contributed by atoms with Gasteiger partial charge in [0, 0.05) is 20.8 Å². The van der Waals surface area contributed by atoms with Crippen LogP contribution in [0.4, 0.5) is 9.59 Å². The summed E-state index contributed by atoms with van der Waals surface area (Å²) in [7, 11) is 0. The number of fused-ring (bicyclic) bond motifs is 4. The first-order chi connectivity index (χ1) is 15.1. The van der Waals surface area contributed by atoms with E-state index in [0.717, 1.165) is 25.7 Å². The van der Waals surface area contributed by atoms with Gasteiger partial charge in [0.1, 0.15) is 18.6 Å². The lowest BCUT2D eigenvalue weighted by Gasteiger charge is -2.52. The van der Waals surface area contributed by atoms with E-state index in [4.69, 9.17) is 28.4 Å². The zero-order valence-electron chi connectivity index (χ0n) is 17.2. The molecule has 1 aliphatic carbocycles. The highest BCUT2D eigenvalue weighted by molar-refractivity contribution is 6.00. The number of carbonyl (C=O) groups excluding carboxylic acids is 6. The highest BCUT2D eigenvalue weighted by Gasteiger charge is 2.70. The second-order valence-corrected chi connectivity index (χ2v) is 7.65. The van der Waals surface area contributed by atoms with Crippen molar-refractivity contribution in [1.29, 1.82) is 0 Å². The normalized spacial score (nSPS) is 37.2. The predicted molar refractivity (Wildman–Crippen MR) is 94.2 cm³/mol.